The largest absolute Gasteiger partial charge is 0.496 e. The van der Waals surface area contributed by atoms with Crippen molar-refractivity contribution < 1.29 is 14.3 Å². The summed E-state index contributed by atoms with van der Waals surface area (Å²) in [6.45, 7) is 4.22. The molecule has 1 aromatic heterocycles. The highest BCUT2D eigenvalue weighted by Crippen LogP contribution is 2.49. The summed E-state index contributed by atoms with van der Waals surface area (Å²) < 4.78 is 11.2. The van der Waals surface area contributed by atoms with Crippen LogP contribution in [0.3, 0.4) is 0 Å². The van der Waals surface area contributed by atoms with E-state index in [4.69, 9.17) is 9.47 Å². The molecule has 1 aliphatic rings. The second-order valence-corrected chi connectivity index (χ2v) is 7.82. The number of carbonyl (C=O) groups is 1. The van der Waals surface area contributed by atoms with Gasteiger partial charge in [0.2, 0.25) is 0 Å². The summed E-state index contributed by atoms with van der Waals surface area (Å²) in [7, 11) is 1.52. The third kappa shape index (κ3) is 3.87. The van der Waals surface area contributed by atoms with E-state index in [1.165, 1.54) is 7.11 Å². The molecule has 0 bridgehead atoms. The fourth-order valence-electron chi connectivity index (χ4n) is 4.43. The number of rotatable bonds is 6. The average molecular weight is 441 g/mol. The minimum absolute atomic E-state index is 0.262. The van der Waals surface area contributed by atoms with Gasteiger partial charge in [0.15, 0.2) is 6.10 Å². The lowest BCUT2D eigenvalue weighted by molar-refractivity contribution is -0.132. The summed E-state index contributed by atoms with van der Waals surface area (Å²) >= 11 is 0. The Morgan fingerprint density at radius 3 is 2.58 bits per heavy atom. The number of fused-ring (bicyclic) bond motifs is 1. The zero-order valence-electron chi connectivity index (χ0n) is 18.5. The molecule has 33 heavy (non-hydrogen) atoms. The topological polar surface area (TPSA) is 104 Å². The quantitative estimate of drug-likeness (QED) is 0.553. The molecular formula is C26H23N3O4. The summed E-state index contributed by atoms with van der Waals surface area (Å²) in [4.78, 5) is 27.5. The Labute approximate surface area is 191 Å². The number of anilines is 1. The van der Waals surface area contributed by atoms with Gasteiger partial charge in [0.25, 0.3) is 12.0 Å². The first-order chi connectivity index (χ1) is 16.0. The molecule has 2 aromatic carbocycles. The molecule has 4 rings (SSSR count). The number of aromatic amines is 1. The number of methoxy groups -OCH3 is 1. The standard InChI is InChI=1S/C26H23N3O4/c1-15-13-28-26(31)23-22(19-10-9-17(12-27)11-20(19)32-3)21(16(2)29-24(15)23)25(33-14-30)18-7-5-4-6-8-18/h4-11,13-14,22,25,29H,1-3H3,(H,28,31). The Morgan fingerprint density at radius 2 is 1.91 bits per heavy atom. The van der Waals surface area contributed by atoms with Gasteiger partial charge in [-0.25, -0.2) is 0 Å². The number of benzene rings is 2. The van der Waals surface area contributed by atoms with Gasteiger partial charge < -0.3 is 19.8 Å². The maximum atomic E-state index is 13.2. The Kier molecular flexibility index (Phi) is 6.01. The molecular weight excluding hydrogens is 418 g/mol. The molecule has 0 spiro atoms. The lowest BCUT2D eigenvalue weighted by Gasteiger charge is -2.35. The summed E-state index contributed by atoms with van der Waals surface area (Å²) in [6, 6.07) is 16.6. The van der Waals surface area contributed by atoms with Gasteiger partial charge in [-0.15, -0.1) is 0 Å². The first-order valence-electron chi connectivity index (χ1n) is 10.4. The van der Waals surface area contributed by atoms with Crippen molar-refractivity contribution in [1.29, 1.82) is 5.26 Å². The maximum Gasteiger partial charge on any atom is 0.294 e. The highest BCUT2D eigenvalue weighted by atomic mass is 16.5. The third-order valence-electron chi connectivity index (χ3n) is 5.92. The number of carbonyl (C=O) groups excluding carboxylic acids is 1. The molecule has 0 fully saturated rings. The molecule has 7 nitrogen and oxygen atoms in total. The van der Waals surface area contributed by atoms with E-state index < -0.39 is 12.0 Å². The minimum Gasteiger partial charge on any atom is -0.496 e. The predicted octanol–water partition coefficient (Wildman–Crippen LogP) is 4.31. The van der Waals surface area contributed by atoms with E-state index in [2.05, 4.69) is 16.4 Å². The van der Waals surface area contributed by atoms with Gasteiger partial charge in [0, 0.05) is 28.9 Å². The number of allylic oxidation sites excluding steroid dienone is 1. The third-order valence-corrected chi connectivity index (χ3v) is 5.92. The van der Waals surface area contributed by atoms with Crippen molar-refractivity contribution in [3.63, 3.8) is 0 Å². The summed E-state index contributed by atoms with van der Waals surface area (Å²) in [5.41, 5.74) is 5.18. The molecule has 1 aliphatic heterocycles. The first kappa shape index (κ1) is 21.9. The number of pyridine rings is 1. The molecule has 0 radical (unpaired) electrons. The van der Waals surface area contributed by atoms with Crippen molar-refractivity contribution in [2.24, 2.45) is 0 Å². The SMILES string of the molecule is COc1cc(C#N)ccc1C1C(C(OC=O)c2ccccc2)=C(C)Nc2c(C)c[nH]c(=O)c21. The Hall–Kier alpha value is -4.31. The van der Waals surface area contributed by atoms with E-state index in [-0.39, 0.29) is 5.56 Å². The van der Waals surface area contributed by atoms with Gasteiger partial charge in [0.1, 0.15) is 5.75 Å². The molecule has 0 amide bonds. The Balaban J connectivity index is 2.05. The van der Waals surface area contributed by atoms with Gasteiger partial charge in [-0.05, 0) is 37.1 Å². The van der Waals surface area contributed by atoms with Crippen molar-refractivity contribution >= 4 is 12.2 Å². The number of nitriles is 1. The van der Waals surface area contributed by atoms with Crippen molar-refractivity contribution in [2.75, 3.05) is 12.4 Å². The number of H-pyrrole nitrogens is 1. The Morgan fingerprint density at radius 1 is 1.15 bits per heavy atom. The minimum atomic E-state index is -0.741. The number of nitrogens with zero attached hydrogens (tertiary/aromatic N) is 1. The van der Waals surface area contributed by atoms with Crippen LogP contribution in [0.15, 0.2) is 70.8 Å². The van der Waals surface area contributed by atoms with Gasteiger partial charge in [-0.1, -0.05) is 36.4 Å². The fraction of sp³-hybridized carbons (Fsp3) is 0.192. The summed E-state index contributed by atoms with van der Waals surface area (Å²) in [6.07, 6.45) is 0.922. The van der Waals surface area contributed by atoms with Crippen molar-refractivity contribution in [3.8, 4) is 11.8 Å². The van der Waals surface area contributed by atoms with E-state index in [9.17, 15) is 14.9 Å². The van der Waals surface area contributed by atoms with Gasteiger partial charge in [-0.2, -0.15) is 5.26 Å². The lowest BCUT2D eigenvalue weighted by Crippen LogP contribution is -2.30. The van der Waals surface area contributed by atoms with E-state index in [0.717, 1.165) is 16.8 Å². The molecule has 0 aliphatic carbocycles. The smallest absolute Gasteiger partial charge is 0.294 e. The fourth-order valence-corrected chi connectivity index (χ4v) is 4.43. The number of ether oxygens (including phenoxy) is 2. The molecule has 2 unspecified atom stereocenters. The normalized spacial score (nSPS) is 15.6. The van der Waals surface area contributed by atoms with Crippen LogP contribution in [-0.4, -0.2) is 18.6 Å². The van der Waals surface area contributed by atoms with Crippen molar-refractivity contribution in [3.05, 3.63) is 104 Å². The second-order valence-electron chi connectivity index (χ2n) is 7.82. The molecule has 0 saturated heterocycles. The molecule has 7 heteroatoms. The first-order valence-corrected chi connectivity index (χ1v) is 10.4. The summed E-state index contributed by atoms with van der Waals surface area (Å²) in [5.74, 6) is -0.117. The van der Waals surface area contributed by atoms with Gasteiger partial charge in [-0.3, -0.25) is 9.59 Å². The van der Waals surface area contributed by atoms with Crippen LogP contribution in [0.25, 0.3) is 0 Å². The van der Waals surface area contributed by atoms with Crippen LogP contribution in [0, 0.1) is 18.3 Å². The number of nitrogens with one attached hydrogen (secondary N) is 2. The predicted molar refractivity (Wildman–Crippen MR) is 124 cm³/mol. The van der Waals surface area contributed by atoms with Crippen LogP contribution in [0.1, 0.15) is 46.8 Å². The number of aryl methyl sites for hydroxylation is 1. The highest BCUT2D eigenvalue weighted by molar-refractivity contribution is 5.70. The Bertz CT molecular complexity index is 1340. The molecule has 0 saturated carbocycles. The van der Waals surface area contributed by atoms with E-state index in [1.54, 1.807) is 24.4 Å². The van der Waals surface area contributed by atoms with E-state index in [0.29, 0.717) is 40.2 Å². The average Bonchev–Trinajstić information content (AvgIpc) is 2.84. The molecule has 3 aromatic rings. The molecule has 2 atom stereocenters. The van der Waals surface area contributed by atoms with Crippen LogP contribution < -0.4 is 15.6 Å². The molecule has 2 heterocycles. The maximum absolute atomic E-state index is 13.2. The lowest BCUT2D eigenvalue weighted by atomic mass is 9.76. The molecule has 2 N–H and O–H groups in total. The molecule has 166 valence electrons. The van der Waals surface area contributed by atoms with Crippen LogP contribution in [-0.2, 0) is 9.53 Å². The van der Waals surface area contributed by atoms with Gasteiger partial charge >= 0.3 is 0 Å². The summed E-state index contributed by atoms with van der Waals surface area (Å²) in [5, 5.41) is 12.7. The highest BCUT2D eigenvalue weighted by Gasteiger charge is 2.38. The zero-order chi connectivity index (χ0) is 23.5. The zero-order valence-corrected chi connectivity index (χ0v) is 18.5. The number of hydrogen-bond acceptors (Lipinski definition) is 6. The van der Waals surface area contributed by atoms with Gasteiger partial charge in [0.05, 0.1) is 30.0 Å². The number of aromatic nitrogens is 1. The van der Waals surface area contributed by atoms with E-state index >= 15 is 0 Å². The van der Waals surface area contributed by atoms with Crippen molar-refractivity contribution in [2.45, 2.75) is 25.9 Å². The van der Waals surface area contributed by atoms with Crippen LogP contribution in [0.2, 0.25) is 0 Å². The van der Waals surface area contributed by atoms with Crippen LogP contribution in [0.4, 0.5) is 5.69 Å². The van der Waals surface area contributed by atoms with E-state index in [1.807, 2.05) is 44.2 Å². The number of hydrogen-bond donors (Lipinski definition) is 2. The monoisotopic (exact) mass is 441 g/mol. The second kappa shape index (κ2) is 9.05. The van der Waals surface area contributed by atoms with Crippen LogP contribution in [0.5, 0.6) is 5.75 Å². The van der Waals surface area contributed by atoms with Crippen LogP contribution >= 0.6 is 0 Å². The van der Waals surface area contributed by atoms with Crippen molar-refractivity contribution in [1.82, 2.24) is 4.98 Å².